The minimum absolute atomic E-state index is 0.200. The van der Waals surface area contributed by atoms with E-state index in [1.807, 2.05) is 84.9 Å². The van der Waals surface area contributed by atoms with E-state index in [4.69, 9.17) is 28.1 Å². The molecule has 0 fully saturated rings. The lowest BCUT2D eigenvalue weighted by atomic mass is 9.96. The molecule has 7 N–H and O–H groups in total. The number of anilines is 1. The van der Waals surface area contributed by atoms with Crippen molar-refractivity contribution in [1.29, 1.82) is 0 Å². The van der Waals surface area contributed by atoms with Crippen molar-refractivity contribution >= 4 is 34.2 Å². The first-order chi connectivity index (χ1) is 20.5. The van der Waals surface area contributed by atoms with Crippen molar-refractivity contribution in [3.05, 3.63) is 136 Å². The molecule has 4 aromatic carbocycles. The molecule has 0 radical (unpaired) electrons. The van der Waals surface area contributed by atoms with Gasteiger partial charge in [0.15, 0.2) is 5.82 Å². The van der Waals surface area contributed by atoms with Crippen LogP contribution in [0.1, 0.15) is 44.5 Å². The number of benzene rings is 4. The molecule has 42 heavy (non-hydrogen) atoms. The lowest BCUT2D eigenvalue weighted by Gasteiger charge is -2.19. The molecule has 0 spiro atoms. The van der Waals surface area contributed by atoms with Crippen molar-refractivity contribution < 1.29 is 4.79 Å². The smallest absolute Gasteiger partial charge is 0.252 e. The Morgan fingerprint density at radius 2 is 1.64 bits per heavy atom. The van der Waals surface area contributed by atoms with Gasteiger partial charge in [0.1, 0.15) is 16.7 Å². The Labute approximate surface area is 248 Å². The minimum Gasteiger partial charge on any atom is -0.382 e. The summed E-state index contributed by atoms with van der Waals surface area (Å²) in [6.07, 6.45) is 1.12. The first kappa shape index (κ1) is 27.3. The number of halogens is 1. The number of imidazole rings is 1. The summed E-state index contributed by atoms with van der Waals surface area (Å²) < 4.78 is 0. The average molecular weight is 576 g/mol. The lowest BCUT2D eigenvalue weighted by Crippen LogP contribution is -2.31. The number of nitrogens with one attached hydrogen (secondary N) is 3. The van der Waals surface area contributed by atoms with Crippen molar-refractivity contribution in [2.75, 3.05) is 5.73 Å². The molecule has 9 heteroatoms. The third kappa shape index (κ3) is 5.76. The summed E-state index contributed by atoms with van der Waals surface area (Å²) in [5, 5.41) is 11.4. The number of amides is 1. The molecule has 8 nitrogen and oxygen atoms in total. The molecule has 2 heterocycles. The van der Waals surface area contributed by atoms with Gasteiger partial charge in [-0.1, -0.05) is 90.5 Å². The Hall–Kier alpha value is -4.92. The maximum atomic E-state index is 13.9. The molecule has 0 aliphatic carbocycles. The SMILES string of the molecule is NCc1ccc(C(=O)NC(Cc2ccccc2)c2nc(-c3ccc4c(N)n[nH]c4c3)c(Cl)[nH]2)c(Cc2ccccc2)c1. The number of nitrogens with zero attached hydrogens (tertiary/aromatic N) is 2. The van der Waals surface area contributed by atoms with Gasteiger partial charge in [-0.15, -0.1) is 0 Å². The number of carbonyl (C=O) groups excluding carboxylic acids is 1. The molecule has 6 aromatic rings. The second-order valence-electron chi connectivity index (χ2n) is 10.2. The first-order valence-electron chi connectivity index (χ1n) is 13.7. The van der Waals surface area contributed by atoms with Crippen LogP contribution in [0.15, 0.2) is 97.1 Å². The van der Waals surface area contributed by atoms with E-state index in [2.05, 4.69) is 32.6 Å². The zero-order valence-corrected chi connectivity index (χ0v) is 23.5. The van der Waals surface area contributed by atoms with Crippen molar-refractivity contribution in [3.8, 4) is 11.3 Å². The Kier molecular flexibility index (Phi) is 7.72. The van der Waals surface area contributed by atoms with Gasteiger partial charge in [0.2, 0.25) is 0 Å². The Morgan fingerprint density at radius 1 is 0.905 bits per heavy atom. The normalized spacial score (nSPS) is 12.0. The number of fused-ring (bicyclic) bond motifs is 1. The number of nitrogens with two attached hydrogens (primary N) is 2. The maximum absolute atomic E-state index is 13.9. The monoisotopic (exact) mass is 575 g/mol. The lowest BCUT2D eigenvalue weighted by molar-refractivity contribution is 0.0934. The number of nitrogen functional groups attached to an aromatic ring is 1. The van der Waals surface area contributed by atoms with Crippen LogP contribution in [0.4, 0.5) is 5.82 Å². The molecule has 1 amide bonds. The molecule has 210 valence electrons. The highest BCUT2D eigenvalue weighted by Crippen LogP contribution is 2.31. The van der Waals surface area contributed by atoms with Crippen molar-refractivity contribution in [3.63, 3.8) is 0 Å². The van der Waals surface area contributed by atoms with Gasteiger partial charge in [0, 0.05) is 23.1 Å². The topological polar surface area (TPSA) is 138 Å². The average Bonchev–Trinajstić information content (AvgIpc) is 3.59. The fourth-order valence-corrected chi connectivity index (χ4v) is 5.42. The molecule has 1 atom stereocenters. The predicted octanol–water partition coefficient (Wildman–Crippen LogP) is 5.95. The van der Waals surface area contributed by atoms with E-state index < -0.39 is 6.04 Å². The number of aromatic nitrogens is 4. The van der Waals surface area contributed by atoms with Gasteiger partial charge in [-0.25, -0.2) is 4.98 Å². The molecule has 0 saturated heterocycles. The number of H-pyrrole nitrogens is 2. The van der Waals surface area contributed by atoms with Gasteiger partial charge < -0.3 is 21.8 Å². The standard InChI is InChI=1S/C33H30ClN7O/c34-30-29(23-12-14-26-27(18-23)40-41-31(26)36)38-32(39-30)28(17-21-9-5-2-6-10-21)37-33(42)25-13-11-22(19-35)16-24(25)15-20-7-3-1-4-8-20/h1-14,16,18,28H,15,17,19,35H2,(H,37,42)(H,38,39)(H3,36,40,41). The van der Waals surface area contributed by atoms with E-state index in [-0.39, 0.29) is 5.91 Å². The second-order valence-corrected chi connectivity index (χ2v) is 10.6. The Balaban J connectivity index is 1.34. The molecule has 0 aliphatic heterocycles. The highest BCUT2D eigenvalue weighted by atomic mass is 35.5. The summed E-state index contributed by atoms with van der Waals surface area (Å²) in [6.45, 7) is 0.394. The molecule has 2 aromatic heterocycles. The molecule has 0 saturated carbocycles. The second kappa shape index (κ2) is 11.9. The largest absolute Gasteiger partial charge is 0.382 e. The summed E-state index contributed by atoms with van der Waals surface area (Å²) >= 11 is 6.69. The van der Waals surface area contributed by atoms with E-state index in [9.17, 15) is 4.79 Å². The minimum atomic E-state index is -0.476. The van der Waals surface area contributed by atoms with E-state index in [0.29, 0.717) is 47.4 Å². The fraction of sp³-hybridized carbons (Fsp3) is 0.121. The number of aromatic amines is 2. The Bertz CT molecular complexity index is 1850. The van der Waals surface area contributed by atoms with E-state index in [0.717, 1.165) is 38.7 Å². The van der Waals surface area contributed by atoms with E-state index >= 15 is 0 Å². The summed E-state index contributed by atoms with van der Waals surface area (Å²) in [5.41, 5.74) is 18.7. The van der Waals surface area contributed by atoms with Crippen LogP contribution >= 0.6 is 11.6 Å². The quantitative estimate of drug-likeness (QED) is 0.145. The van der Waals surface area contributed by atoms with Crippen LogP contribution in [-0.2, 0) is 19.4 Å². The van der Waals surface area contributed by atoms with Crippen LogP contribution < -0.4 is 16.8 Å². The van der Waals surface area contributed by atoms with Crippen molar-refractivity contribution in [2.24, 2.45) is 5.73 Å². The van der Waals surface area contributed by atoms with Crippen LogP contribution in [0.3, 0.4) is 0 Å². The number of carbonyl (C=O) groups is 1. The third-order valence-electron chi connectivity index (χ3n) is 7.35. The maximum Gasteiger partial charge on any atom is 0.252 e. The van der Waals surface area contributed by atoms with Crippen LogP contribution in [0.2, 0.25) is 5.15 Å². The zero-order valence-electron chi connectivity index (χ0n) is 22.8. The van der Waals surface area contributed by atoms with Gasteiger partial charge in [0.25, 0.3) is 5.91 Å². The molecule has 6 rings (SSSR count). The van der Waals surface area contributed by atoms with Crippen LogP contribution in [0.5, 0.6) is 0 Å². The molecule has 1 unspecified atom stereocenters. The Morgan fingerprint density at radius 3 is 2.38 bits per heavy atom. The zero-order chi connectivity index (χ0) is 29.1. The molecular weight excluding hydrogens is 546 g/mol. The first-order valence-corrected chi connectivity index (χ1v) is 14.1. The highest BCUT2D eigenvalue weighted by Gasteiger charge is 2.24. The fourth-order valence-electron chi connectivity index (χ4n) is 5.17. The van der Waals surface area contributed by atoms with Gasteiger partial charge >= 0.3 is 0 Å². The summed E-state index contributed by atoms with van der Waals surface area (Å²) in [5.74, 6) is 0.788. The van der Waals surface area contributed by atoms with Crippen molar-refractivity contribution in [1.82, 2.24) is 25.5 Å². The van der Waals surface area contributed by atoms with Crippen LogP contribution in [-0.4, -0.2) is 26.1 Å². The summed E-state index contributed by atoms with van der Waals surface area (Å²) in [6, 6.07) is 31.0. The van der Waals surface area contributed by atoms with E-state index in [1.165, 1.54) is 0 Å². The summed E-state index contributed by atoms with van der Waals surface area (Å²) in [7, 11) is 0. The number of rotatable bonds is 9. The van der Waals surface area contributed by atoms with E-state index in [1.54, 1.807) is 0 Å². The molecule has 0 aliphatic rings. The molecule has 0 bridgehead atoms. The molecular formula is C33H30ClN7O. The number of hydrogen-bond acceptors (Lipinski definition) is 5. The van der Waals surface area contributed by atoms with Gasteiger partial charge in [-0.2, -0.15) is 5.10 Å². The van der Waals surface area contributed by atoms with Gasteiger partial charge in [0.05, 0.1) is 11.6 Å². The predicted molar refractivity (Wildman–Crippen MR) is 167 cm³/mol. The summed E-state index contributed by atoms with van der Waals surface area (Å²) in [4.78, 5) is 22.0. The van der Waals surface area contributed by atoms with Crippen LogP contribution in [0.25, 0.3) is 22.2 Å². The number of hydrogen-bond donors (Lipinski definition) is 5. The van der Waals surface area contributed by atoms with Gasteiger partial charge in [-0.3, -0.25) is 9.89 Å². The highest BCUT2D eigenvalue weighted by molar-refractivity contribution is 6.32. The van der Waals surface area contributed by atoms with Crippen LogP contribution in [0, 0.1) is 0 Å². The van der Waals surface area contributed by atoms with Gasteiger partial charge in [-0.05, 0) is 53.3 Å². The third-order valence-corrected chi connectivity index (χ3v) is 7.62. The van der Waals surface area contributed by atoms with Crippen molar-refractivity contribution in [2.45, 2.75) is 25.4 Å².